The van der Waals surface area contributed by atoms with Crippen LogP contribution in [0.1, 0.15) is 40.9 Å². The molecule has 0 aliphatic carbocycles. The van der Waals surface area contributed by atoms with Gasteiger partial charge in [0.1, 0.15) is 5.82 Å². The summed E-state index contributed by atoms with van der Waals surface area (Å²) >= 11 is 1.53. The van der Waals surface area contributed by atoms with Crippen LogP contribution in [-0.4, -0.2) is 28.0 Å². The summed E-state index contributed by atoms with van der Waals surface area (Å²) in [6.07, 6.45) is 0. The summed E-state index contributed by atoms with van der Waals surface area (Å²) in [5.74, 6) is -0.602. The van der Waals surface area contributed by atoms with Gasteiger partial charge in [0.2, 0.25) is 0 Å². The van der Waals surface area contributed by atoms with Crippen molar-refractivity contribution in [2.24, 2.45) is 0 Å². The maximum absolute atomic E-state index is 14.2. The quantitative estimate of drug-likeness (QED) is 0.518. The Morgan fingerprint density at radius 1 is 1.00 bits per heavy atom. The molecule has 33 heavy (non-hydrogen) atoms. The fourth-order valence-electron chi connectivity index (χ4n) is 4.74. The normalized spacial score (nSPS) is 21.0. The molecule has 1 atom stereocenters. The topological polar surface area (TPSA) is 40.6 Å². The van der Waals surface area contributed by atoms with Gasteiger partial charge in [0.15, 0.2) is 4.87 Å². The Morgan fingerprint density at radius 3 is 2.36 bits per heavy atom. The van der Waals surface area contributed by atoms with Crippen molar-refractivity contribution in [1.29, 1.82) is 0 Å². The lowest BCUT2D eigenvalue weighted by Gasteiger charge is -2.33. The second kappa shape index (κ2) is 7.73. The maximum Gasteiger partial charge on any atom is 0.268 e. The molecule has 0 unspecified atom stereocenters. The number of thioether (sulfide) groups is 1. The predicted octanol–water partition coefficient (Wildman–Crippen LogP) is 5.50. The Morgan fingerprint density at radius 2 is 1.67 bits per heavy atom. The van der Waals surface area contributed by atoms with Crippen LogP contribution in [0.25, 0.3) is 0 Å². The first-order chi connectivity index (χ1) is 15.7. The van der Waals surface area contributed by atoms with E-state index in [0.29, 0.717) is 18.7 Å². The first-order valence-corrected chi connectivity index (χ1v) is 11.8. The first-order valence-electron chi connectivity index (χ1n) is 11.0. The Bertz CT molecular complexity index is 1240. The molecule has 2 aliphatic heterocycles. The highest BCUT2D eigenvalue weighted by Crippen LogP contribution is 2.60. The second-order valence-corrected chi connectivity index (χ2v) is 11.2. The van der Waals surface area contributed by atoms with E-state index in [9.17, 15) is 14.0 Å². The first kappa shape index (κ1) is 21.7. The summed E-state index contributed by atoms with van der Waals surface area (Å²) in [6.45, 7) is 6.88. The van der Waals surface area contributed by atoms with E-state index in [1.54, 1.807) is 21.9 Å². The average molecular weight is 461 g/mol. The van der Waals surface area contributed by atoms with Crippen molar-refractivity contribution in [2.45, 2.75) is 36.9 Å². The Kier molecular flexibility index (Phi) is 5.09. The molecule has 6 heteroatoms. The van der Waals surface area contributed by atoms with E-state index in [4.69, 9.17) is 0 Å². The largest absolute Gasteiger partial charge is 0.310 e. The highest BCUT2D eigenvalue weighted by atomic mass is 32.2. The van der Waals surface area contributed by atoms with E-state index in [0.717, 1.165) is 22.4 Å². The highest BCUT2D eigenvalue weighted by molar-refractivity contribution is 8.02. The molecule has 2 heterocycles. The van der Waals surface area contributed by atoms with Crippen molar-refractivity contribution < 1.29 is 14.0 Å². The number of aryl methyl sites for hydroxylation is 1. The fourth-order valence-corrected chi connectivity index (χ4v) is 6.47. The standard InChI is InChI=1S/C27H25FN2O2S/c1-18-8-12-20(13-9-18)24(31)30-17-26(2,3)33-27(30)22-6-4-5-7-23(22)29(25(27)32)16-19-10-14-21(28)15-11-19/h4-15H,16-17H2,1-3H3/t27-/m1/s1. The van der Waals surface area contributed by atoms with E-state index in [-0.39, 0.29) is 22.4 Å². The van der Waals surface area contributed by atoms with Gasteiger partial charge >= 0.3 is 0 Å². The van der Waals surface area contributed by atoms with E-state index in [2.05, 4.69) is 13.8 Å². The van der Waals surface area contributed by atoms with Crippen molar-refractivity contribution >= 4 is 29.3 Å². The number of benzene rings is 3. The molecule has 5 rings (SSSR count). The SMILES string of the molecule is Cc1ccc(C(=O)N2CC(C)(C)S[C@]23C(=O)N(Cc2ccc(F)cc2)c2ccccc23)cc1. The van der Waals surface area contributed by atoms with E-state index in [1.807, 2.05) is 55.5 Å². The van der Waals surface area contributed by atoms with Crippen LogP contribution in [0.4, 0.5) is 10.1 Å². The Balaban J connectivity index is 1.61. The molecular formula is C27H25FN2O2S. The van der Waals surface area contributed by atoms with Gasteiger partial charge in [-0.05, 0) is 56.7 Å². The number of nitrogens with zero attached hydrogens (tertiary/aromatic N) is 2. The summed E-state index contributed by atoms with van der Waals surface area (Å²) in [6, 6.07) is 21.3. The van der Waals surface area contributed by atoms with Crippen LogP contribution in [0.5, 0.6) is 0 Å². The van der Waals surface area contributed by atoms with Crippen LogP contribution < -0.4 is 4.90 Å². The number of rotatable bonds is 3. The van der Waals surface area contributed by atoms with Gasteiger partial charge in [0.25, 0.3) is 11.8 Å². The number of halogens is 1. The molecule has 0 radical (unpaired) electrons. The molecule has 168 valence electrons. The lowest BCUT2D eigenvalue weighted by atomic mass is 10.0. The minimum absolute atomic E-state index is 0.135. The minimum atomic E-state index is -1.14. The molecule has 2 aliphatic rings. The molecule has 0 aromatic heterocycles. The number of fused-ring (bicyclic) bond motifs is 2. The van der Waals surface area contributed by atoms with Gasteiger partial charge in [-0.25, -0.2) is 4.39 Å². The highest BCUT2D eigenvalue weighted by Gasteiger charge is 2.63. The van der Waals surface area contributed by atoms with E-state index < -0.39 is 4.87 Å². The Labute approximate surface area is 197 Å². The third-order valence-electron chi connectivity index (χ3n) is 6.24. The van der Waals surface area contributed by atoms with Crippen LogP contribution in [0, 0.1) is 12.7 Å². The molecule has 1 saturated heterocycles. The summed E-state index contributed by atoms with van der Waals surface area (Å²) in [7, 11) is 0. The number of carbonyl (C=O) groups is 2. The van der Waals surface area contributed by atoms with Crippen molar-refractivity contribution in [1.82, 2.24) is 4.90 Å². The summed E-state index contributed by atoms with van der Waals surface area (Å²) < 4.78 is 13.1. The van der Waals surface area contributed by atoms with Crippen molar-refractivity contribution in [2.75, 3.05) is 11.4 Å². The third-order valence-corrected chi connectivity index (χ3v) is 7.83. The molecule has 0 saturated carbocycles. The molecular weight excluding hydrogens is 435 g/mol. The minimum Gasteiger partial charge on any atom is -0.310 e. The second-order valence-electron chi connectivity index (χ2n) is 9.30. The van der Waals surface area contributed by atoms with Crippen LogP contribution in [-0.2, 0) is 16.2 Å². The lowest BCUT2D eigenvalue weighted by Crippen LogP contribution is -2.50. The van der Waals surface area contributed by atoms with Gasteiger partial charge in [0.05, 0.1) is 12.2 Å². The summed E-state index contributed by atoms with van der Waals surface area (Å²) in [4.78, 5) is 30.3. The zero-order valence-corrected chi connectivity index (χ0v) is 19.7. The lowest BCUT2D eigenvalue weighted by molar-refractivity contribution is -0.123. The molecule has 0 bridgehead atoms. The van der Waals surface area contributed by atoms with Gasteiger partial charge in [-0.3, -0.25) is 9.59 Å². The zero-order chi connectivity index (χ0) is 23.4. The van der Waals surface area contributed by atoms with Crippen LogP contribution in [0.15, 0.2) is 72.8 Å². The number of anilines is 1. The van der Waals surface area contributed by atoms with Gasteiger partial charge in [-0.1, -0.05) is 48.0 Å². The monoisotopic (exact) mass is 460 g/mol. The van der Waals surface area contributed by atoms with Crippen LogP contribution >= 0.6 is 11.8 Å². The molecule has 4 nitrogen and oxygen atoms in total. The molecule has 3 aromatic carbocycles. The van der Waals surface area contributed by atoms with Gasteiger partial charge in [0, 0.05) is 22.4 Å². The Hall–Kier alpha value is -3.12. The third kappa shape index (κ3) is 3.53. The number of para-hydroxylation sites is 1. The number of amides is 2. The zero-order valence-electron chi connectivity index (χ0n) is 18.8. The van der Waals surface area contributed by atoms with Crippen LogP contribution in [0.3, 0.4) is 0 Å². The van der Waals surface area contributed by atoms with Gasteiger partial charge in [-0.2, -0.15) is 0 Å². The van der Waals surface area contributed by atoms with Gasteiger partial charge in [-0.15, -0.1) is 11.8 Å². The van der Waals surface area contributed by atoms with Crippen molar-refractivity contribution in [3.05, 3.63) is 101 Å². The van der Waals surface area contributed by atoms with E-state index >= 15 is 0 Å². The predicted molar refractivity (Wildman–Crippen MR) is 130 cm³/mol. The van der Waals surface area contributed by atoms with Gasteiger partial charge < -0.3 is 9.80 Å². The average Bonchev–Trinajstić information content (AvgIpc) is 3.21. The molecule has 1 fully saturated rings. The maximum atomic E-state index is 14.2. The summed E-state index contributed by atoms with van der Waals surface area (Å²) in [5.41, 5.74) is 4.09. The van der Waals surface area contributed by atoms with E-state index in [1.165, 1.54) is 23.9 Å². The summed E-state index contributed by atoms with van der Waals surface area (Å²) in [5, 5.41) is 0. The number of hydrogen-bond donors (Lipinski definition) is 0. The molecule has 3 aromatic rings. The van der Waals surface area contributed by atoms with Crippen molar-refractivity contribution in [3.8, 4) is 0 Å². The van der Waals surface area contributed by atoms with Crippen molar-refractivity contribution in [3.63, 3.8) is 0 Å². The number of carbonyl (C=O) groups excluding carboxylic acids is 2. The molecule has 0 N–H and O–H groups in total. The fraction of sp³-hybridized carbons (Fsp3) is 0.259. The molecule has 2 amide bonds. The molecule has 1 spiro atoms. The smallest absolute Gasteiger partial charge is 0.268 e. The number of hydrogen-bond acceptors (Lipinski definition) is 3. The van der Waals surface area contributed by atoms with Crippen LogP contribution in [0.2, 0.25) is 0 Å².